The number of nitrogens with zero attached hydrogens (tertiary/aromatic N) is 3. The van der Waals surface area contributed by atoms with Crippen LogP contribution in [0.1, 0.15) is 42.5 Å². The van der Waals surface area contributed by atoms with Gasteiger partial charge in [-0.15, -0.1) is 10.2 Å². The second-order valence-corrected chi connectivity index (χ2v) is 7.70. The molecule has 0 aliphatic carbocycles. The van der Waals surface area contributed by atoms with Gasteiger partial charge in [-0.1, -0.05) is 29.8 Å². The van der Waals surface area contributed by atoms with E-state index < -0.39 is 17.3 Å². The Morgan fingerprint density at radius 3 is 2.40 bits per heavy atom. The second kappa shape index (κ2) is 7.75. The van der Waals surface area contributed by atoms with Crippen molar-refractivity contribution in [2.75, 3.05) is 0 Å². The first-order valence-electron chi connectivity index (χ1n) is 8.98. The number of alkyl halides is 3. The summed E-state index contributed by atoms with van der Waals surface area (Å²) in [4.78, 5) is 11.9. The number of carbonyl (C=O) groups excluding carboxylic acids is 1. The highest BCUT2D eigenvalue weighted by Gasteiger charge is 2.36. The SMILES string of the molecule is CC(=O)c1cc(Cl)ccc1OC(C)(C)c1nnc(-c2ccccc2C(F)(F)F)n1C. The zero-order valence-electron chi connectivity index (χ0n) is 16.7. The zero-order valence-corrected chi connectivity index (χ0v) is 17.5. The lowest BCUT2D eigenvalue weighted by molar-refractivity contribution is -0.137. The van der Waals surface area contributed by atoms with Gasteiger partial charge in [0, 0.05) is 17.6 Å². The van der Waals surface area contributed by atoms with Crippen molar-refractivity contribution in [1.82, 2.24) is 14.8 Å². The van der Waals surface area contributed by atoms with Gasteiger partial charge in [-0.2, -0.15) is 13.2 Å². The van der Waals surface area contributed by atoms with Crippen LogP contribution in [-0.2, 0) is 18.8 Å². The average molecular weight is 438 g/mol. The van der Waals surface area contributed by atoms with E-state index in [9.17, 15) is 18.0 Å². The second-order valence-electron chi connectivity index (χ2n) is 7.26. The third kappa shape index (κ3) is 4.18. The van der Waals surface area contributed by atoms with Crippen molar-refractivity contribution in [3.05, 3.63) is 64.4 Å². The minimum Gasteiger partial charge on any atom is -0.479 e. The Hall–Kier alpha value is -2.87. The first-order valence-corrected chi connectivity index (χ1v) is 9.35. The Labute approximate surface area is 176 Å². The van der Waals surface area contributed by atoms with Crippen LogP contribution in [0.2, 0.25) is 5.02 Å². The van der Waals surface area contributed by atoms with Crippen LogP contribution >= 0.6 is 11.6 Å². The molecule has 1 aromatic heterocycles. The largest absolute Gasteiger partial charge is 0.479 e. The number of halogens is 4. The van der Waals surface area contributed by atoms with Crippen LogP contribution in [0.15, 0.2) is 42.5 Å². The number of ketones is 1. The molecule has 1 heterocycles. The van der Waals surface area contributed by atoms with Crippen molar-refractivity contribution < 1.29 is 22.7 Å². The summed E-state index contributed by atoms with van der Waals surface area (Å²) in [6.45, 7) is 4.77. The Morgan fingerprint density at radius 1 is 1.10 bits per heavy atom. The summed E-state index contributed by atoms with van der Waals surface area (Å²) in [5.41, 5.74) is -1.70. The Morgan fingerprint density at radius 2 is 1.77 bits per heavy atom. The quantitative estimate of drug-likeness (QED) is 0.482. The van der Waals surface area contributed by atoms with Crippen molar-refractivity contribution in [3.8, 4) is 17.1 Å². The van der Waals surface area contributed by atoms with Gasteiger partial charge >= 0.3 is 6.18 Å². The van der Waals surface area contributed by atoms with Gasteiger partial charge in [-0.05, 0) is 45.0 Å². The molecule has 30 heavy (non-hydrogen) atoms. The lowest BCUT2D eigenvalue weighted by Crippen LogP contribution is -2.30. The molecule has 0 amide bonds. The summed E-state index contributed by atoms with van der Waals surface area (Å²) in [5.74, 6) is 0.398. The van der Waals surface area contributed by atoms with Crippen LogP contribution in [0.4, 0.5) is 13.2 Å². The molecule has 158 valence electrons. The maximum atomic E-state index is 13.4. The molecule has 0 fully saturated rings. The normalized spacial score (nSPS) is 12.1. The van der Waals surface area contributed by atoms with Crippen LogP contribution in [0.25, 0.3) is 11.4 Å². The van der Waals surface area contributed by atoms with E-state index in [0.29, 0.717) is 16.4 Å². The molecule has 0 atom stereocenters. The van der Waals surface area contributed by atoms with E-state index in [1.165, 1.54) is 35.8 Å². The summed E-state index contributed by atoms with van der Waals surface area (Å²) in [5, 5.41) is 8.45. The molecule has 0 radical (unpaired) electrons. The van der Waals surface area contributed by atoms with Crippen LogP contribution in [-0.4, -0.2) is 20.5 Å². The number of hydrogen-bond donors (Lipinski definition) is 0. The van der Waals surface area contributed by atoms with Crippen LogP contribution in [0.5, 0.6) is 5.75 Å². The van der Waals surface area contributed by atoms with Crippen molar-refractivity contribution in [1.29, 1.82) is 0 Å². The smallest absolute Gasteiger partial charge is 0.417 e. The highest BCUT2D eigenvalue weighted by Crippen LogP contribution is 2.37. The number of Topliss-reactive ketones (excluding diaryl/α,β-unsaturated/α-hetero) is 1. The molecule has 9 heteroatoms. The molecule has 3 aromatic rings. The molecular weight excluding hydrogens is 419 g/mol. The molecule has 0 N–H and O–H groups in total. The number of aromatic nitrogens is 3. The molecule has 0 saturated carbocycles. The molecule has 0 aliphatic rings. The molecule has 0 unspecified atom stereocenters. The average Bonchev–Trinajstić information content (AvgIpc) is 3.04. The summed E-state index contributed by atoms with van der Waals surface area (Å²) in [7, 11) is 1.57. The highest BCUT2D eigenvalue weighted by molar-refractivity contribution is 6.31. The van der Waals surface area contributed by atoms with E-state index >= 15 is 0 Å². The molecule has 0 bridgehead atoms. The van der Waals surface area contributed by atoms with Crippen molar-refractivity contribution >= 4 is 17.4 Å². The fourth-order valence-corrected chi connectivity index (χ4v) is 3.37. The molecule has 0 aliphatic heterocycles. The number of rotatable bonds is 5. The Bertz CT molecular complexity index is 1110. The monoisotopic (exact) mass is 437 g/mol. The van der Waals surface area contributed by atoms with Crippen LogP contribution in [0.3, 0.4) is 0 Å². The van der Waals surface area contributed by atoms with Crippen LogP contribution in [0, 0.1) is 0 Å². The van der Waals surface area contributed by atoms with E-state index in [-0.39, 0.29) is 22.9 Å². The minimum absolute atomic E-state index is 0.0532. The van der Waals surface area contributed by atoms with Gasteiger partial charge in [0.15, 0.2) is 23.0 Å². The molecule has 3 rings (SSSR count). The third-order valence-electron chi connectivity index (χ3n) is 4.57. The van der Waals surface area contributed by atoms with Gasteiger partial charge in [-0.25, -0.2) is 0 Å². The van der Waals surface area contributed by atoms with Gasteiger partial charge in [-0.3, -0.25) is 4.79 Å². The number of benzene rings is 2. The Balaban J connectivity index is 2.04. The topological polar surface area (TPSA) is 57.0 Å². The minimum atomic E-state index is -4.53. The summed E-state index contributed by atoms with van der Waals surface area (Å²) in [6, 6.07) is 9.82. The van der Waals surface area contributed by atoms with Gasteiger partial charge < -0.3 is 9.30 Å². The highest BCUT2D eigenvalue weighted by atomic mass is 35.5. The van der Waals surface area contributed by atoms with Gasteiger partial charge in [0.2, 0.25) is 0 Å². The van der Waals surface area contributed by atoms with Gasteiger partial charge in [0.05, 0.1) is 11.1 Å². The molecule has 0 spiro atoms. The maximum absolute atomic E-state index is 13.4. The standard InChI is InChI=1S/C21H19ClF3N3O2/c1-12(29)15-11-13(22)9-10-17(15)30-20(2,3)19-27-26-18(28(19)4)14-7-5-6-8-16(14)21(23,24)25/h5-11H,1-4H3. The zero-order chi connectivity index (χ0) is 22.3. The Kier molecular flexibility index (Phi) is 5.64. The molecule has 0 saturated heterocycles. The number of ether oxygens (including phenoxy) is 1. The van der Waals surface area contributed by atoms with E-state index in [1.54, 1.807) is 33.0 Å². The molecule has 5 nitrogen and oxygen atoms in total. The summed E-state index contributed by atoms with van der Waals surface area (Å²) >= 11 is 5.97. The molecule has 2 aromatic carbocycles. The molecular formula is C21H19ClF3N3O2. The summed E-state index contributed by atoms with van der Waals surface area (Å²) < 4.78 is 47.8. The van der Waals surface area contributed by atoms with Crippen LogP contribution < -0.4 is 4.74 Å². The fourth-order valence-electron chi connectivity index (χ4n) is 3.20. The van der Waals surface area contributed by atoms with Crippen molar-refractivity contribution in [3.63, 3.8) is 0 Å². The number of hydrogen-bond acceptors (Lipinski definition) is 4. The first-order chi connectivity index (χ1) is 13.9. The van der Waals surface area contributed by atoms with Crippen molar-refractivity contribution in [2.45, 2.75) is 32.5 Å². The van der Waals surface area contributed by atoms with Gasteiger partial charge in [0.1, 0.15) is 5.75 Å². The van der Waals surface area contributed by atoms with E-state index in [2.05, 4.69) is 10.2 Å². The lowest BCUT2D eigenvalue weighted by Gasteiger charge is -2.26. The summed E-state index contributed by atoms with van der Waals surface area (Å²) in [6.07, 6.45) is -4.53. The van der Waals surface area contributed by atoms with Crippen molar-refractivity contribution in [2.24, 2.45) is 7.05 Å². The maximum Gasteiger partial charge on any atom is 0.417 e. The van der Waals surface area contributed by atoms with E-state index in [4.69, 9.17) is 16.3 Å². The van der Waals surface area contributed by atoms with E-state index in [0.717, 1.165) is 6.07 Å². The fraction of sp³-hybridized carbons (Fsp3) is 0.286. The lowest BCUT2D eigenvalue weighted by atomic mass is 10.1. The third-order valence-corrected chi connectivity index (χ3v) is 4.81. The predicted octanol–water partition coefficient (Wildman–Crippen LogP) is 5.67. The van der Waals surface area contributed by atoms with Gasteiger partial charge in [0.25, 0.3) is 0 Å². The number of carbonyl (C=O) groups is 1. The first kappa shape index (κ1) is 21.8. The van der Waals surface area contributed by atoms with E-state index in [1.807, 2.05) is 0 Å². The predicted molar refractivity (Wildman–Crippen MR) is 107 cm³/mol.